The number of hydrogen-bond acceptors (Lipinski definition) is 1. The van der Waals surface area contributed by atoms with Gasteiger partial charge in [-0.1, -0.05) is 73.0 Å². The first-order chi connectivity index (χ1) is 9.70. The van der Waals surface area contributed by atoms with Gasteiger partial charge in [-0.05, 0) is 24.3 Å². The third-order valence-corrected chi connectivity index (χ3v) is 5.13. The zero-order valence-electron chi connectivity index (χ0n) is 12.9. The topological polar surface area (TPSA) is 3.24 Å². The summed E-state index contributed by atoms with van der Waals surface area (Å²) in [6.07, 6.45) is 5.64. The molecule has 1 unspecified atom stereocenters. The number of benzene rings is 1. The minimum Gasteiger partial charge on any atom is -0.299 e. The fourth-order valence-corrected chi connectivity index (χ4v) is 3.94. The van der Waals surface area contributed by atoms with E-state index in [0.29, 0.717) is 5.92 Å². The van der Waals surface area contributed by atoms with Crippen LogP contribution in [0.1, 0.15) is 51.0 Å². The summed E-state index contributed by atoms with van der Waals surface area (Å²) in [7, 11) is 0. The van der Waals surface area contributed by atoms with E-state index >= 15 is 0 Å². The Balaban J connectivity index is 2.04. The van der Waals surface area contributed by atoms with Crippen molar-refractivity contribution in [2.45, 2.75) is 51.5 Å². The highest BCUT2D eigenvalue weighted by Gasteiger charge is 2.25. The highest BCUT2D eigenvalue weighted by atomic mass is 79.9. The standard InChI is InChI=1S/C18H28BrN/c1-15(2)13-20(18-10-6-7-11-18)14-17(12-19)16-8-4-3-5-9-16/h3-5,8-9,15,17-18H,6-7,10-14H2,1-2H3. The van der Waals surface area contributed by atoms with Crippen LogP contribution in [0.5, 0.6) is 0 Å². The Morgan fingerprint density at radius 2 is 1.75 bits per heavy atom. The van der Waals surface area contributed by atoms with Crippen LogP contribution in [-0.4, -0.2) is 29.4 Å². The molecule has 0 saturated heterocycles. The van der Waals surface area contributed by atoms with E-state index in [0.717, 1.165) is 17.3 Å². The molecule has 1 aliphatic carbocycles. The van der Waals surface area contributed by atoms with Crippen LogP contribution in [0.4, 0.5) is 0 Å². The van der Waals surface area contributed by atoms with Gasteiger partial charge in [0, 0.05) is 30.4 Å². The van der Waals surface area contributed by atoms with Gasteiger partial charge in [-0.25, -0.2) is 0 Å². The molecule has 1 nitrogen and oxygen atoms in total. The van der Waals surface area contributed by atoms with Crippen molar-refractivity contribution in [1.82, 2.24) is 4.90 Å². The average molecular weight is 338 g/mol. The zero-order valence-corrected chi connectivity index (χ0v) is 14.5. The molecule has 112 valence electrons. The van der Waals surface area contributed by atoms with Crippen molar-refractivity contribution in [1.29, 1.82) is 0 Å². The van der Waals surface area contributed by atoms with Gasteiger partial charge in [-0.3, -0.25) is 4.90 Å². The molecule has 1 aromatic carbocycles. The zero-order chi connectivity index (χ0) is 14.4. The summed E-state index contributed by atoms with van der Waals surface area (Å²) in [5.74, 6) is 1.36. The van der Waals surface area contributed by atoms with E-state index in [2.05, 4.69) is 65.0 Å². The molecule has 2 heteroatoms. The maximum atomic E-state index is 3.73. The summed E-state index contributed by atoms with van der Waals surface area (Å²) in [5, 5.41) is 1.05. The lowest BCUT2D eigenvalue weighted by Crippen LogP contribution is -2.39. The average Bonchev–Trinajstić information content (AvgIpc) is 2.98. The van der Waals surface area contributed by atoms with Crippen LogP contribution in [0.2, 0.25) is 0 Å². The molecule has 1 saturated carbocycles. The van der Waals surface area contributed by atoms with E-state index in [1.165, 1.54) is 44.3 Å². The first-order valence-electron chi connectivity index (χ1n) is 8.05. The van der Waals surface area contributed by atoms with Crippen molar-refractivity contribution in [2.75, 3.05) is 18.4 Å². The van der Waals surface area contributed by atoms with Crippen molar-refractivity contribution >= 4 is 15.9 Å². The molecule has 2 rings (SSSR count). The van der Waals surface area contributed by atoms with Crippen LogP contribution in [0, 0.1) is 5.92 Å². The molecule has 1 atom stereocenters. The summed E-state index contributed by atoms with van der Waals surface area (Å²) < 4.78 is 0. The number of hydrogen-bond donors (Lipinski definition) is 0. The van der Waals surface area contributed by atoms with Crippen molar-refractivity contribution in [3.05, 3.63) is 35.9 Å². The fourth-order valence-electron chi connectivity index (χ4n) is 3.36. The van der Waals surface area contributed by atoms with Crippen LogP contribution in [0.3, 0.4) is 0 Å². The Bertz CT molecular complexity index is 370. The Morgan fingerprint density at radius 1 is 1.10 bits per heavy atom. The number of nitrogens with zero attached hydrogens (tertiary/aromatic N) is 1. The van der Waals surface area contributed by atoms with E-state index < -0.39 is 0 Å². The molecule has 20 heavy (non-hydrogen) atoms. The normalized spacial score (nSPS) is 18.1. The van der Waals surface area contributed by atoms with Gasteiger partial charge in [0.05, 0.1) is 0 Å². The molecule has 0 radical (unpaired) electrons. The number of rotatable bonds is 7. The van der Waals surface area contributed by atoms with Gasteiger partial charge < -0.3 is 0 Å². The quantitative estimate of drug-likeness (QED) is 0.628. The first-order valence-corrected chi connectivity index (χ1v) is 9.17. The van der Waals surface area contributed by atoms with Crippen LogP contribution < -0.4 is 0 Å². The molecule has 0 amide bonds. The Hall–Kier alpha value is -0.340. The third kappa shape index (κ3) is 4.60. The molecule has 0 heterocycles. The van der Waals surface area contributed by atoms with Crippen molar-refractivity contribution in [3.63, 3.8) is 0 Å². The fraction of sp³-hybridized carbons (Fsp3) is 0.667. The molecule has 0 bridgehead atoms. The minimum absolute atomic E-state index is 0.607. The molecule has 0 aromatic heterocycles. The van der Waals surface area contributed by atoms with Gasteiger partial charge in [0.1, 0.15) is 0 Å². The molecule has 1 fully saturated rings. The van der Waals surface area contributed by atoms with E-state index in [9.17, 15) is 0 Å². The highest BCUT2D eigenvalue weighted by Crippen LogP contribution is 2.28. The van der Waals surface area contributed by atoms with Gasteiger partial charge in [0.25, 0.3) is 0 Å². The monoisotopic (exact) mass is 337 g/mol. The first kappa shape index (κ1) is 16.0. The van der Waals surface area contributed by atoms with Crippen molar-refractivity contribution < 1.29 is 0 Å². The van der Waals surface area contributed by atoms with Crippen LogP contribution in [0.15, 0.2) is 30.3 Å². The van der Waals surface area contributed by atoms with E-state index in [-0.39, 0.29) is 0 Å². The van der Waals surface area contributed by atoms with Crippen LogP contribution in [-0.2, 0) is 0 Å². The summed E-state index contributed by atoms with van der Waals surface area (Å²) >= 11 is 3.73. The smallest absolute Gasteiger partial charge is 0.0112 e. The molecule has 1 aromatic rings. The van der Waals surface area contributed by atoms with Crippen molar-refractivity contribution in [2.24, 2.45) is 5.92 Å². The maximum absolute atomic E-state index is 3.73. The number of halogens is 1. The molecular formula is C18H28BrN. The molecule has 0 aliphatic heterocycles. The molecular weight excluding hydrogens is 310 g/mol. The summed E-state index contributed by atoms with van der Waals surface area (Å²) in [6, 6.07) is 11.8. The largest absolute Gasteiger partial charge is 0.299 e. The molecule has 0 N–H and O–H groups in total. The predicted octanol–water partition coefficient (Wildman–Crippen LogP) is 5.07. The number of alkyl halides is 1. The van der Waals surface area contributed by atoms with Gasteiger partial charge in [-0.2, -0.15) is 0 Å². The maximum Gasteiger partial charge on any atom is 0.0112 e. The van der Waals surface area contributed by atoms with Crippen molar-refractivity contribution in [3.8, 4) is 0 Å². The van der Waals surface area contributed by atoms with E-state index in [1.54, 1.807) is 0 Å². The summed E-state index contributed by atoms with van der Waals surface area (Å²) in [4.78, 5) is 2.76. The second kappa shape index (κ2) is 8.19. The lowest BCUT2D eigenvalue weighted by atomic mass is 9.99. The lowest BCUT2D eigenvalue weighted by molar-refractivity contribution is 0.169. The SMILES string of the molecule is CC(C)CN(CC(CBr)c1ccccc1)C1CCCC1. The Kier molecular flexibility index (Phi) is 6.57. The van der Waals surface area contributed by atoms with Gasteiger partial charge in [0.2, 0.25) is 0 Å². The van der Waals surface area contributed by atoms with Gasteiger partial charge >= 0.3 is 0 Å². The second-order valence-corrected chi connectivity index (χ2v) is 7.20. The van der Waals surface area contributed by atoms with E-state index in [4.69, 9.17) is 0 Å². The lowest BCUT2D eigenvalue weighted by Gasteiger charge is -2.33. The third-order valence-electron chi connectivity index (χ3n) is 4.35. The van der Waals surface area contributed by atoms with E-state index in [1.807, 2.05) is 0 Å². The molecule has 1 aliphatic rings. The summed E-state index contributed by atoms with van der Waals surface area (Å²) in [5.41, 5.74) is 1.47. The van der Waals surface area contributed by atoms with Gasteiger partial charge in [0.15, 0.2) is 0 Å². The minimum atomic E-state index is 0.607. The Morgan fingerprint density at radius 3 is 2.30 bits per heavy atom. The molecule has 0 spiro atoms. The van der Waals surface area contributed by atoms with Gasteiger partial charge in [-0.15, -0.1) is 0 Å². The van der Waals surface area contributed by atoms with Crippen LogP contribution >= 0.6 is 15.9 Å². The second-order valence-electron chi connectivity index (χ2n) is 6.55. The van der Waals surface area contributed by atoms with Crippen LogP contribution in [0.25, 0.3) is 0 Å². The predicted molar refractivity (Wildman–Crippen MR) is 91.6 cm³/mol. The summed E-state index contributed by atoms with van der Waals surface area (Å²) in [6.45, 7) is 7.11. The Labute approximate surface area is 132 Å². The highest BCUT2D eigenvalue weighted by molar-refractivity contribution is 9.09.